The van der Waals surface area contributed by atoms with Crippen LogP contribution >= 0.6 is 11.6 Å². The average molecular weight is 480 g/mol. The first-order valence-corrected chi connectivity index (χ1v) is 10.6. The molecule has 0 radical (unpaired) electrons. The molecule has 4 rings (SSSR count). The van der Waals surface area contributed by atoms with Crippen molar-refractivity contribution < 1.29 is 23.8 Å². The highest BCUT2D eigenvalue weighted by Crippen LogP contribution is 2.16. The highest BCUT2D eigenvalue weighted by Gasteiger charge is 2.27. The minimum Gasteiger partial charge on any atom is -0.394 e. The SMILES string of the molecule is Cc1nc(C(=O)NCc2ccc(F)c(Cl)c2)cc(C2=NNN(C[C@H]3COC(CO)CO3)N2)n1. The number of hydrogen-bond acceptors (Lipinski definition) is 10. The molecule has 1 fully saturated rings. The number of aliphatic hydroxyl groups excluding tert-OH is 1. The first-order chi connectivity index (χ1) is 15.9. The van der Waals surface area contributed by atoms with E-state index >= 15 is 0 Å². The standard InChI is InChI=1S/C20H23ClFN7O4/c1-11-24-17(19-26-28-29(27-19)7-13-9-33-14(8-30)10-32-13)5-18(25-11)20(31)23-6-12-2-3-16(22)15(21)4-12/h2-5,13-14,28,30H,6-10H2,1H3,(H,23,31)(H,26,27)/t13-,14?/m0/s1. The molecule has 1 unspecified atom stereocenters. The molecule has 3 heterocycles. The van der Waals surface area contributed by atoms with Crippen molar-refractivity contribution in [1.82, 2.24) is 31.4 Å². The van der Waals surface area contributed by atoms with E-state index in [2.05, 4.69) is 31.3 Å². The van der Waals surface area contributed by atoms with Crippen LogP contribution < -0.4 is 16.3 Å². The first-order valence-electron chi connectivity index (χ1n) is 10.2. The Labute approximate surface area is 193 Å². The van der Waals surface area contributed by atoms with E-state index in [1.165, 1.54) is 18.2 Å². The summed E-state index contributed by atoms with van der Waals surface area (Å²) >= 11 is 5.78. The second-order valence-corrected chi connectivity index (χ2v) is 7.90. The van der Waals surface area contributed by atoms with E-state index in [-0.39, 0.29) is 36.1 Å². The lowest BCUT2D eigenvalue weighted by molar-refractivity contribution is -0.153. The lowest BCUT2D eigenvalue weighted by Crippen LogP contribution is -2.50. The quantitative estimate of drug-likeness (QED) is 0.441. The van der Waals surface area contributed by atoms with E-state index in [9.17, 15) is 9.18 Å². The number of amidine groups is 1. The van der Waals surface area contributed by atoms with Crippen molar-refractivity contribution in [1.29, 1.82) is 0 Å². The smallest absolute Gasteiger partial charge is 0.270 e. The van der Waals surface area contributed by atoms with Crippen LogP contribution in [-0.2, 0) is 16.0 Å². The Hall–Kier alpha value is -2.90. The predicted octanol–water partition coefficient (Wildman–Crippen LogP) is 0.270. The van der Waals surface area contributed by atoms with Gasteiger partial charge in [-0.2, -0.15) is 0 Å². The summed E-state index contributed by atoms with van der Waals surface area (Å²) in [6.07, 6.45) is -0.517. The van der Waals surface area contributed by atoms with Crippen LogP contribution in [0.5, 0.6) is 0 Å². The monoisotopic (exact) mass is 479 g/mol. The van der Waals surface area contributed by atoms with Crippen molar-refractivity contribution >= 4 is 23.3 Å². The Morgan fingerprint density at radius 1 is 1.30 bits per heavy atom. The van der Waals surface area contributed by atoms with Gasteiger partial charge in [0.15, 0.2) is 5.84 Å². The van der Waals surface area contributed by atoms with Gasteiger partial charge in [-0.3, -0.25) is 10.2 Å². The van der Waals surface area contributed by atoms with Gasteiger partial charge < -0.3 is 19.9 Å². The molecular weight excluding hydrogens is 457 g/mol. The molecule has 1 saturated heterocycles. The number of hydrazone groups is 1. The number of halogens is 2. The molecule has 1 amide bonds. The Kier molecular flexibility index (Phi) is 7.30. The van der Waals surface area contributed by atoms with E-state index in [1.54, 1.807) is 18.1 Å². The van der Waals surface area contributed by atoms with Gasteiger partial charge in [-0.1, -0.05) is 17.7 Å². The lowest BCUT2D eigenvalue weighted by atomic mass is 10.2. The number of nitrogens with zero attached hydrogens (tertiary/aromatic N) is 4. The van der Waals surface area contributed by atoms with Gasteiger partial charge in [-0.15, -0.1) is 10.2 Å². The number of aryl methyl sites for hydroxylation is 1. The molecular formula is C20H23ClFN7O4. The summed E-state index contributed by atoms with van der Waals surface area (Å²) in [4.78, 5) is 21.2. The third-order valence-corrected chi connectivity index (χ3v) is 5.19. The third-order valence-electron chi connectivity index (χ3n) is 4.90. The molecule has 0 aliphatic carbocycles. The van der Waals surface area contributed by atoms with Crippen LogP contribution in [0.4, 0.5) is 4.39 Å². The molecule has 0 bridgehead atoms. The van der Waals surface area contributed by atoms with E-state index in [1.807, 2.05) is 0 Å². The summed E-state index contributed by atoms with van der Waals surface area (Å²) in [5.74, 6) is -0.140. The number of hydrazine groups is 2. The number of ether oxygens (including phenoxy) is 2. The number of rotatable bonds is 7. The van der Waals surface area contributed by atoms with Crippen LogP contribution in [0.25, 0.3) is 0 Å². The van der Waals surface area contributed by atoms with Crippen molar-refractivity contribution in [3.8, 4) is 0 Å². The average Bonchev–Trinajstić information content (AvgIpc) is 3.28. The zero-order chi connectivity index (χ0) is 23.4. The maximum absolute atomic E-state index is 13.3. The topological polar surface area (TPSA) is 133 Å². The minimum atomic E-state index is -0.521. The number of aromatic nitrogens is 2. The van der Waals surface area contributed by atoms with Crippen molar-refractivity contribution in [2.45, 2.75) is 25.7 Å². The van der Waals surface area contributed by atoms with Crippen molar-refractivity contribution in [2.24, 2.45) is 5.10 Å². The molecule has 2 atom stereocenters. The maximum atomic E-state index is 13.3. The predicted molar refractivity (Wildman–Crippen MR) is 115 cm³/mol. The molecule has 176 valence electrons. The molecule has 13 heteroatoms. The summed E-state index contributed by atoms with van der Waals surface area (Å²) in [6.45, 7) is 2.83. The normalized spacial score (nSPS) is 20.7. The van der Waals surface area contributed by atoms with Gasteiger partial charge in [0.25, 0.3) is 5.91 Å². The van der Waals surface area contributed by atoms with Gasteiger partial charge in [0.05, 0.1) is 37.5 Å². The number of carbonyl (C=O) groups is 1. The molecule has 11 nitrogen and oxygen atoms in total. The minimum absolute atomic E-state index is 0.0114. The lowest BCUT2D eigenvalue weighted by Gasteiger charge is -2.30. The van der Waals surface area contributed by atoms with Crippen molar-refractivity contribution in [2.75, 3.05) is 26.4 Å². The number of amides is 1. The maximum Gasteiger partial charge on any atom is 0.270 e. The number of aliphatic hydroxyl groups is 1. The van der Waals surface area contributed by atoms with Crippen molar-refractivity contribution in [3.63, 3.8) is 0 Å². The Morgan fingerprint density at radius 2 is 2.09 bits per heavy atom. The summed E-state index contributed by atoms with van der Waals surface area (Å²) in [7, 11) is 0. The molecule has 0 spiro atoms. The fourth-order valence-corrected chi connectivity index (χ4v) is 3.42. The van der Waals surface area contributed by atoms with E-state index in [0.717, 1.165) is 0 Å². The van der Waals surface area contributed by atoms with E-state index in [4.69, 9.17) is 26.2 Å². The fourth-order valence-electron chi connectivity index (χ4n) is 3.21. The number of benzene rings is 1. The fraction of sp³-hybridized carbons (Fsp3) is 0.400. The molecule has 2 aromatic rings. The van der Waals surface area contributed by atoms with Crippen LogP contribution in [0.1, 0.15) is 27.6 Å². The number of nitrogens with one attached hydrogen (secondary N) is 3. The Balaban J connectivity index is 1.35. The Morgan fingerprint density at radius 3 is 2.82 bits per heavy atom. The highest BCUT2D eigenvalue weighted by atomic mass is 35.5. The molecule has 4 N–H and O–H groups in total. The number of carbonyl (C=O) groups excluding carboxylic acids is 1. The molecule has 33 heavy (non-hydrogen) atoms. The molecule has 2 aliphatic rings. The third kappa shape index (κ3) is 5.92. The van der Waals surface area contributed by atoms with E-state index in [0.29, 0.717) is 42.7 Å². The van der Waals surface area contributed by atoms with Crippen LogP contribution in [0.15, 0.2) is 29.4 Å². The summed E-state index contributed by atoms with van der Waals surface area (Å²) in [5.41, 5.74) is 7.12. The zero-order valence-electron chi connectivity index (χ0n) is 17.7. The molecule has 2 aliphatic heterocycles. The first kappa shape index (κ1) is 23.3. The Bertz CT molecular complexity index is 1050. The van der Waals surface area contributed by atoms with Gasteiger partial charge in [0.1, 0.15) is 29.1 Å². The second-order valence-electron chi connectivity index (χ2n) is 7.49. The molecule has 0 saturated carbocycles. The van der Waals surface area contributed by atoms with Gasteiger partial charge in [-0.05, 0) is 30.7 Å². The number of hydrogen-bond donors (Lipinski definition) is 4. The second kappa shape index (κ2) is 10.4. The zero-order valence-corrected chi connectivity index (χ0v) is 18.5. The van der Waals surface area contributed by atoms with Gasteiger partial charge in [0.2, 0.25) is 0 Å². The van der Waals surface area contributed by atoms with Crippen LogP contribution in [0.2, 0.25) is 5.02 Å². The highest BCUT2D eigenvalue weighted by molar-refractivity contribution is 6.30. The molecule has 1 aromatic carbocycles. The van der Waals surface area contributed by atoms with Crippen LogP contribution in [0, 0.1) is 12.7 Å². The summed E-state index contributed by atoms with van der Waals surface area (Å²) in [5, 5.41) is 17.6. The largest absolute Gasteiger partial charge is 0.394 e. The van der Waals surface area contributed by atoms with Gasteiger partial charge >= 0.3 is 0 Å². The summed E-state index contributed by atoms with van der Waals surface area (Å²) in [6, 6.07) is 5.76. The van der Waals surface area contributed by atoms with Crippen LogP contribution in [0.3, 0.4) is 0 Å². The van der Waals surface area contributed by atoms with Crippen molar-refractivity contribution in [3.05, 3.63) is 57.9 Å². The summed E-state index contributed by atoms with van der Waals surface area (Å²) < 4.78 is 24.5. The van der Waals surface area contributed by atoms with Crippen LogP contribution in [-0.4, -0.2) is 70.5 Å². The van der Waals surface area contributed by atoms with Gasteiger partial charge in [0, 0.05) is 6.54 Å². The van der Waals surface area contributed by atoms with Gasteiger partial charge in [-0.25, -0.2) is 19.9 Å². The molecule has 1 aromatic heterocycles. The van der Waals surface area contributed by atoms with E-state index < -0.39 is 11.7 Å².